The van der Waals surface area contributed by atoms with Crippen molar-refractivity contribution in [3.8, 4) is 17.2 Å². The van der Waals surface area contributed by atoms with Crippen LogP contribution in [0.15, 0.2) is 86.8 Å². The van der Waals surface area contributed by atoms with Gasteiger partial charge in [-0.3, -0.25) is 4.99 Å². The number of ether oxygens (including phenoxy) is 2. The lowest BCUT2D eigenvalue weighted by Crippen LogP contribution is -1.90. The fraction of sp³-hybridized carbons (Fsp3) is 0.0800. The molecule has 4 rings (SSSR count). The average Bonchev–Trinajstić information content (AvgIpc) is 2.83. The molecule has 8 heteroatoms. The number of phenols is 1. The summed E-state index contributed by atoms with van der Waals surface area (Å²) in [5.74, 6) is 0.911. The number of aromatic hydroxyl groups is 1. The van der Waals surface area contributed by atoms with E-state index in [0.717, 1.165) is 16.8 Å². The molecule has 0 atom stereocenters. The summed E-state index contributed by atoms with van der Waals surface area (Å²) < 4.78 is 10.7. The highest BCUT2D eigenvalue weighted by Crippen LogP contribution is 2.44. The summed E-state index contributed by atoms with van der Waals surface area (Å²) in [6, 6.07) is 20.7. The molecule has 0 bridgehead atoms. The lowest BCUT2D eigenvalue weighted by molar-refractivity contribution is 0.405. The number of nitrogens with one attached hydrogen (secondary N) is 1. The maximum Gasteiger partial charge on any atom is 0.152 e. The van der Waals surface area contributed by atoms with Crippen molar-refractivity contribution in [2.75, 3.05) is 19.5 Å². The monoisotopic (exact) mass is 458 g/mol. The molecule has 0 spiro atoms. The van der Waals surface area contributed by atoms with Gasteiger partial charge in [-0.15, -0.1) is 22.9 Å². The van der Waals surface area contributed by atoms with Crippen LogP contribution in [-0.2, 0) is 0 Å². The zero-order chi connectivity index (χ0) is 23.4. The predicted octanol–water partition coefficient (Wildman–Crippen LogP) is 7.34. The lowest BCUT2D eigenvalue weighted by Gasteiger charge is -2.11. The Morgan fingerprint density at radius 2 is 1.55 bits per heavy atom. The second-order valence-electron chi connectivity index (χ2n) is 7.07. The van der Waals surface area contributed by atoms with Gasteiger partial charge in [0, 0.05) is 33.8 Å². The molecular formula is C25H22N4O3S. The average molecular weight is 459 g/mol. The number of benzene rings is 4. The highest BCUT2D eigenvalue weighted by Gasteiger charge is 2.14. The molecule has 0 aliphatic heterocycles. The van der Waals surface area contributed by atoms with Crippen molar-refractivity contribution in [1.29, 1.82) is 0 Å². The van der Waals surface area contributed by atoms with Gasteiger partial charge in [0.05, 0.1) is 14.2 Å². The van der Waals surface area contributed by atoms with E-state index >= 15 is 0 Å². The van der Waals surface area contributed by atoms with Crippen LogP contribution in [-0.4, -0.2) is 26.0 Å². The molecular weight excluding hydrogens is 436 g/mol. The van der Waals surface area contributed by atoms with Crippen LogP contribution in [0, 0.1) is 0 Å². The van der Waals surface area contributed by atoms with E-state index in [9.17, 15) is 5.11 Å². The molecule has 0 unspecified atom stereocenters. The van der Waals surface area contributed by atoms with Crippen LogP contribution in [0.1, 0.15) is 0 Å². The molecule has 0 radical (unpaired) electrons. The van der Waals surface area contributed by atoms with Crippen molar-refractivity contribution in [3.63, 3.8) is 0 Å². The maximum atomic E-state index is 10.9. The Bertz CT molecular complexity index is 1360. The van der Waals surface area contributed by atoms with Crippen molar-refractivity contribution in [2.45, 2.75) is 4.90 Å². The molecule has 0 amide bonds. The second kappa shape index (κ2) is 9.62. The van der Waals surface area contributed by atoms with Crippen molar-refractivity contribution < 1.29 is 14.6 Å². The Morgan fingerprint density at radius 1 is 0.848 bits per heavy atom. The van der Waals surface area contributed by atoms with E-state index in [1.54, 1.807) is 12.1 Å². The number of anilines is 2. The Morgan fingerprint density at radius 3 is 2.24 bits per heavy atom. The fourth-order valence-electron chi connectivity index (χ4n) is 3.40. The van der Waals surface area contributed by atoms with Gasteiger partial charge in [0.15, 0.2) is 5.75 Å². The van der Waals surface area contributed by atoms with Crippen molar-refractivity contribution in [3.05, 3.63) is 66.7 Å². The summed E-state index contributed by atoms with van der Waals surface area (Å²) in [4.78, 5) is 4.40. The van der Waals surface area contributed by atoms with Crippen LogP contribution in [0.5, 0.6) is 17.2 Å². The standard InChI is InChI=1S/C25H22N4O3S/c1-26-19-13-22(32-3)20(14-21(19)31-2)28-29-24-23(33)12-15-11-17(9-10-18(15)25(24)30)27-16-7-5-4-6-8-16/h4-14,27,30,33H,1H2,2-3H3/b29-28+. The quantitative estimate of drug-likeness (QED) is 0.154. The Balaban J connectivity index is 1.71. The van der Waals surface area contributed by atoms with Crippen molar-refractivity contribution in [2.24, 2.45) is 15.2 Å². The van der Waals surface area contributed by atoms with Crippen molar-refractivity contribution in [1.82, 2.24) is 0 Å². The molecule has 0 aliphatic rings. The molecule has 0 aliphatic carbocycles. The van der Waals surface area contributed by atoms with Crippen LogP contribution in [0.3, 0.4) is 0 Å². The number of methoxy groups -OCH3 is 2. The van der Waals surface area contributed by atoms with Gasteiger partial charge in [0.2, 0.25) is 0 Å². The first kappa shape index (κ1) is 22.2. The number of nitrogens with zero attached hydrogens (tertiary/aromatic N) is 3. The minimum absolute atomic E-state index is 0.0113. The van der Waals surface area contributed by atoms with Crippen LogP contribution >= 0.6 is 12.6 Å². The zero-order valence-electron chi connectivity index (χ0n) is 18.1. The predicted molar refractivity (Wildman–Crippen MR) is 136 cm³/mol. The molecule has 7 nitrogen and oxygen atoms in total. The number of thiol groups is 1. The molecule has 0 fully saturated rings. The molecule has 0 heterocycles. The van der Waals surface area contributed by atoms with E-state index in [0.29, 0.717) is 33.2 Å². The number of aliphatic imine (C=N–C) groups is 1. The Labute approximate surface area is 196 Å². The fourth-order valence-corrected chi connectivity index (χ4v) is 3.69. The van der Waals surface area contributed by atoms with Gasteiger partial charge in [-0.25, -0.2) is 0 Å². The van der Waals surface area contributed by atoms with Gasteiger partial charge < -0.3 is 19.9 Å². The minimum Gasteiger partial charge on any atom is -0.505 e. The summed E-state index contributed by atoms with van der Waals surface area (Å²) >= 11 is 4.53. The third kappa shape index (κ3) is 4.61. The molecule has 0 saturated carbocycles. The normalized spacial score (nSPS) is 11.0. The molecule has 4 aromatic carbocycles. The lowest BCUT2D eigenvalue weighted by atomic mass is 10.1. The molecule has 33 heavy (non-hydrogen) atoms. The highest BCUT2D eigenvalue weighted by atomic mass is 32.1. The number of phenolic OH excluding ortho intramolecular Hbond substituents is 1. The highest BCUT2D eigenvalue weighted by molar-refractivity contribution is 7.80. The van der Waals surface area contributed by atoms with Crippen LogP contribution in [0.2, 0.25) is 0 Å². The Kier molecular flexibility index (Phi) is 6.46. The number of fused-ring (bicyclic) bond motifs is 1. The van der Waals surface area contributed by atoms with E-state index in [-0.39, 0.29) is 11.4 Å². The van der Waals surface area contributed by atoms with E-state index in [1.165, 1.54) is 14.2 Å². The molecule has 0 saturated heterocycles. The minimum atomic E-state index is -0.0113. The first-order valence-electron chi connectivity index (χ1n) is 9.99. The van der Waals surface area contributed by atoms with Crippen molar-refractivity contribution >= 4 is 58.6 Å². The summed E-state index contributed by atoms with van der Waals surface area (Å²) in [7, 11) is 3.05. The third-order valence-corrected chi connectivity index (χ3v) is 5.38. The summed E-state index contributed by atoms with van der Waals surface area (Å²) in [6.07, 6.45) is 0. The van der Waals surface area contributed by atoms with Gasteiger partial charge in [-0.05, 0) is 48.5 Å². The topological polar surface area (TPSA) is 87.8 Å². The van der Waals surface area contributed by atoms with E-state index in [1.807, 2.05) is 54.6 Å². The molecule has 2 N–H and O–H groups in total. The van der Waals surface area contributed by atoms with E-state index in [2.05, 4.69) is 39.9 Å². The van der Waals surface area contributed by atoms with Crippen LogP contribution < -0.4 is 14.8 Å². The first-order valence-corrected chi connectivity index (χ1v) is 10.4. The number of rotatable bonds is 7. The zero-order valence-corrected chi connectivity index (χ0v) is 19.0. The summed E-state index contributed by atoms with van der Waals surface area (Å²) in [6.45, 7) is 3.53. The number of para-hydroxylation sites is 1. The SMILES string of the molecule is C=Nc1cc(OC)c(/N=N/c2c(S)cc3cc(Nc4ccccc4)ccc3c2O)cc1OC. The summed E-state index contributed by atoms with van der Waals surface area (Å²) in [5.41, 5.74) is 3.05. The van der Waals surface area contributed by atoms with Gasteiger partial charge in [0.25, 0.3) is 0 Å². The van der Waals surface area contributed by atoms with Crippen LogP contribution in [0.4, 0.5) is 28.4 Å². The number of hydrogen-bond donors (Lipinski definition) is 3. The second-order valence-corrected chi connectivity index (χ2v) is 7.56. The smallest absolute Gasteiger partial charge is 0.152 e. The van der Waals surface area contributed by atoms with E-state index < -0.39 is 0 Å². The number of hydrogen-bond acceptors (Lipinski definition) is 8. The third-order valence-electron chi connectivity index (χ3n) is 5.04. The first-order chi connectivity index (χ1) is 16.0. The van der Waals surface area contributed by atoms with Gasteiger partial charge in [-0.1, -0.05) is 18.2 Å². The van der Waals surface area contributed by atoms with Gasteiger partial charge >= 0.3 is 0 Å². The van der Waals surface area contributed by atoms with E-state index in [4.69, 9.17) is 9.47 Å². The molecule has 166 valence electrons. The summed E-state index contributed by atoms with van der Waals surface area (Å²) in [5, 5.41) is 24.2. The Hall–Kier alpha value is -4.04. The van der Waals surface area contributed by atoms with Crippen LogP contribution in [0.25, 0.3) is 10.8 Å². The number of azo groups is 1. The van der Waals surface area contributed by atoms with Gasteiger partial charge in [0.1, 0.15) is 28.6 Å². The molecule has 4 aromatic rings. The maximum absolute atomic E-state index is 10.9. The van der Waals surface area contributed by atoms with Gasteiger partial charge in [-0.2, -0.15) is 0 Å². The molecule has 0 aromatic heterocycles. The largest absolute Gasteiger partial charge is 0.505 e.